The van der Waals surface area contributed by atoms with E-state index in [1.807, 2.05) is 55.5 Å². The molecule has 0 heterocycles. The van der Waals surface area contributed by atoms with Gasteiger partial charge in [0.25, 0.3) is 0 Å². The quantitative estimate of drug-likeness (QED) is 0.436. The molecule has 0 radical (unpaired) electrons. The highest BCUT2D eigenvalue weighted by molar-refractivity contribution is 5.96. The van der Waals surface area contributed by atoms with Crippen molar-refractivity contribution in [2.45, 2.75) is 26.7 Å². The van der Waals surface area contributed by atoms with Gasteiger partial charge in [0.05, 0.1) is 25.9 Å². The lowest BCUT2D eigenvalue weighted by atomic mass is 10.1. The molecule has 2 aromatic carbocycles. The zero-order valence-electron chi connectivity index (χ0n) is 15.7. The highest BCUT2D eigenvalue weighted by atomic mass is 16.5. The maximum atomic E-state index is 11.6. The molecule has 0 saturated heterocycles. The third kappa shape index (κ3) is 5.66. The van der Waals surface area contributed by atoms with Crippen LogP contribution in [-0.2, 0) is 0 Å². The van der Waals surface area contributed by atoms with Gasteiger partial charge < -0.3 is 14.2 Å². The van der Waals surface area contributed by atoms with Crippen LogP contribution in [-0.4, -0.2) is 26.1 Å². The standard InChI is InChI=1S/C22H26O4/c1-4-9-18-12-13-21(22(16-18)24-3)26-15-8-7-14-25-20-11-6-5-10-19(20)17(2)23/h4-6,9-13,16H,7-8,14-15H2,1-3H3. The van der Waals surface area contributed by atoms with Crippen LogP contribution in [0.15, 0.2) is 48.5 Å². The van der Waals surface area contributed by atoms with Crippen LogP contribution in [0.1, 0.15) is 42.6 Å². The van der Waals surface area contributed by atoms with Gasteiger partial charge in [0.2, 0.25) is 0 Å². The number of Topliss-reactive ketones (excluding diaryl/α,β-unsaturated/α-hetero) is 1. The fourth-order valence-corrected chi connectivity index (χ4v) is 2.55. The van der Waals surface area contributed by atoms with Gasteiger partial charge in [-0.3, -0.25) is 4.79 Å². The molecule has 0 aliphatic heterocycles. The zero-order valence-corrected chi connectivity index (χ0v) is 15.7. The summed E-state index contributed by atoms with van der Waals surface area (Å²) in [5, 5.41) is 0. The van der Waals surface area contributed by atoms with E-state index in [9.17, 15) is 4.79 Å². The van der Waals surface area contributed by atoms with Gasteiger partial charge in [-0.15, -0.1) is 0 Å². The summed E-state index contributed by atoms with van der Waals surface area (Å²) in [6.07, 6.45) is 5.69. The Balaban J connectivity index is 1.77. The Kier molecular flexibility index (Phi) is 7.75. The second-order valence-electron chi connectivity index (χ2n) is 5.87. The number of rotatable bonds is 10. The Bertz CT molecular complexity index is 750. The smallest absolute Gasteiger partial charge is 0.163 e. The number of allylic oxidation sites excluding steroid dienone is 1. The van der Waals surface area contributed by atoms with E-state index in [1.54, 1.807) is 20.1 Å². The second kappa shape index (κ2) is 10.3. The van der Waals surface area contributed by atoms with E-state index in [0.29, 0.717) is 24.5 Å². The number of carbonyl (C=O) groups excluding carboxylic acids is 1. The normalized spacial score (nSPS) is 10.7. The van der Waals surface area contributed by atoms with Crippen molar-refractivity contribution >= 4 is 11.9 Å². The first-order valence-electron chi connectivity index (χ1n) is 8.82. The van der Waals surface area contributed by atoms with Crippen LogP contribution in [0.4, 0.5) is 0 Å². The molecule has 0 aliphatic rings. The van der Waals surface area contributed by atoms with Gasteiger partial charge >= 0.3 is 0 Å². The highest BCUT2D eigenvalue weighted by Gasteiger charge is 2.07. The average Bonchev–Trinajstić information content (AvgIpc) is 2.65. The number of benzene rings is 2. The minimum atomic E-state index is 0.0115. The largest absolute Gasteiger partial charge is 0.493 e. The zero-order chi connectivity index (χ0) is 18.8. The van der Waals surface area contributed by atoms with Gasteiger partial charge in [0, 0.05) is 0 Å². The molecule has 138 valence electrons. The van der Waals surface area contributed by atoms with E-state index in [-0.39, 0.29) is 5.78 Å². The van der Waals surface area contributed by atoms with Gasteiger partial charge in [-0.2, -0.15) is 0 Å². The fourth-order valence-electron chi connectivity index (χ4n) is 2.55. The Labute approximate surface area is 155 Å². The molecule has 0 aromatic heterocycles. The highest BCUT2D eigenvalue weighted by Crippen LogP contribution is 2.28. The summed E-state index contributed by atoms with van der Waals surface area (Å²) in [4.78, 5) is 11.6. The third-order valence-corrected chi connectivity index (χ3v) is 3.87. The van der Waals surface area contributed by atoms with Crippen molar-refractivity contribution in [2.75, 3.05) is 20.3 Å². The molecule has 0 amide bonds. The number of hydrogen-bond donors (Lipinski definition) is 0. The van der Waals surface area contributed by atoms with Crippen LogP contribution in [0.25, 0.3) is 6.08 Å². The average molecular weight is 354 g/mol. The van der Waals surface area contributed by atoms with Crippen molar-refractivity contribution in [2.24, 2.45) is 0 Å². The first-order chi connectivity index (χ1) is 12.7. The molecule has 4 heteroatoms. The first kappa shape index (κ1) is 19.6. The predicted octanol–water partition coefficient (Wildman–Crippen LogP) is 5.17. The van der Waals surface area contributed by atoms with E-state index in [4.69, 9.17) is 14.2 Å². The van der Waals surface area contributed by atoms with E-state index in [1.165, 1.54) is 0 Å². The van der Waals surface area contributed by atoms with Gasteiger partial charge in [-0.1, -0.05) is 30.4 Å². The number of hydrogen-bond acceptors (Lipinski definition) is 4. The van der Waals surface area contributed by atoms with E-state index < -0.39 is 0 Å². The number of unbranched alkanes of at least 4 members (excludes halogenated alkanes) is 1. The second-order valence-corrected chi connectivity index (χ2v) is 5.87. The van der Waals surface area contributed by atoms with Gasteiger partial charge in [-0.25, -0.2) is 0 Å². The minimum Gasteiger partial charge on any atom is -0.493 e. The van der Waals surface area contributed by atoms with Crippen LogP contribution in [0.5, 0.6) is 17.2 Å². The number of para-hydroxylation sites is 1. The van der Waals surface area contributed by atoms with Crippen molar-refractivity contribution < 1.29 is 19.0 Å². The predicted molar refractivity (Wildman–Crippen MR) is 104 cm³/mol. The van der Waals surface area contributed by atoms with Crippen LogP contribution < -0.4 is 14.2 Å². The summed E-state index contributed by atoms with van der Waals surface area (Å²) in [7, 11) is 1.64. The monoisotopic (exact) mass is 354 g/mol. The van der Waals surface area contributed by atoms with Crippen LogP contribution in [0.3, 0.4) is 0 Å². The number of carbonyl (C=O) groups is 1. The molecule has 0 saturated carbocycles. The molecule has 4 nitrogen and oxygen atoms in total. The lowest BCUT2D eigenvalue weighted by Gasteiger charge is -2.12. The summed E-state index contributed by atoms with van der Waals surface area (Å²) in [6.45, 7) is 4.65. The molecule has 2 aromatic rings. The minimum absolute atomic E-state index is 0.0115. The molecule has 0 aliphatic carbocycles. The van der Waals surface area contributed by atoms with Crippen molar-refractivity contribution in [1.82, 2.24) is 0 Å². The molecule has 0 atom stereocenters. The summed E-state index contributed by atoms with van der Waals surface area (Å²) >= 11 is 0. The lowest BCUT2D eigenvalue weighted by Crippen LogP contribution is -2.05. The van der Waals surface area contributed by atoms with E-state index in [0.717, 1.165) is 29.9 Å². The first-order valence-corrected chi connectivity index (χ1v) is 8.82. The van der Waals surface area contributed by atoms with Gasteiger partial charge in [0.15, 0.2) is 17.3 Å². The molecule has 0 fully saturated rings. The molecule has 0 bridgehead atoms. The third-order valence-electron chi connectivity index (χ3n) is 3.87. The van der Waals surface area contributed by atoms with Gasteiger partial charge in [0.1, 0.15) is 5.75 Å². The molecule has 2 rings (SSSR count). The summed E-state index contributed by atoms with van der Waals surface area (Å²) in [5.41, 5.74) is 1.70. The van der Waals surface area contributed by atoms with Crippen molar-refractivity contribution in [1.29, 1.82) is 0 Å². The Morgan fingerprint density at radius 2 is 1.65 bits per heavy atom. The van der Waals surface area contributed by atoms with Crippen molar-refractivity contribution in [3.63, 3.8) is 0 Å². The molecule has 0 N–H and O–H groups in total. The lowest BCUT2D eigenvalue weighted by molar-refractivity contribution is 0.101. The maximum Gasteiger partial charge on any atom is 0.163 e. The number of ketones is 1. The van der Waals surface area contributed by atoms with Crippen LogP contribution in [0.2, 0.25) is 0 Å². The van der Waals surface area contributed by atoms with Gasteiger partial charge in [-0.05, 0) is 56.5 Å². The SMILES string of the molecule is CC=Cc1ccc(OCCCCOc2ccccc2C(C)=O)c(OC)c1. The van der Waals surface area contributed by atoms with Crippen LogP contribution in [0, 0.1) is 0 Å². The van der Waals surface area contributed by atoms with Crippen molar-refractivity contribution in [3.8, 4) is 17.2 Å². The topological polar surface area (TPSA) is 44.8 Å². The molecular weight excluding hydrogens is 328 g/mol. The Morgan fingerprint density at radius 3 is 2.31 bits per heavy atom. The van der Waals surface area contributed by atoms with E-state index >= 15 is 0 Å². The fraction of sp³-hybridized carbons (Fsp3) is 0.318. The molecular formula is C22H26O4. The Hall–Kier alpha value is -2.75. The summed E-state index contributed by atoms with van der Waals surface area (Å²) in [5.74, 6) is 2.12. The molecule has 0 unspecified atom stereocenters. The molecule has 26 heavy (non-hydrogen) atoms. The van der Waals surface area contributed by atoms with Crippen molar-refractivity contribution in [3.05, 3.63) is 59.7 Å². The molecule has 0 spiro atoms. The Morgan fingerprint density at radius 1 is 0.962 bits per heavy atom. The van der Waals surface area contributed by atoms with Crippen LogP contribution >= 0.6 is 0 Å². The maximum absolute atomic E-state index is 11.6. The number of methoxy groups -OCH3 is 1. The summed E-state index contributed by atoms with van der Waals surface area (Å²) in [6, 6.07) is 13.2. The summed E-state index contributed by atoms with van der Waals surface area (Å²) < 4.78 is 16.9. The number of ether oxygens (including phenoxy) is 3. The van der Waals surface area contributed by atoms with E-state index in [2.05, 4.69) is 0 Å².